The minimum atomic E-state index is -0.418. The van der Waals surface area contributed by atoms with Gasteiger partial charge in [-0.15, -0.1) is 6.58 Å². The van der Waals surface area contributed by atoms with Gasteiger partial charge in [-0.25, -0.2) is 8.78 Å². The molecule has 0 aromatic heterocycles. The van der Waals surface area contributed by atoms with Crippen LogP contribution in [-0.4, -0.2) is 4.75 Å². The fourth-order valence-corrected chi connectivity index (χ4v) is 2.29. The number of benzene rings is 1. The molecule has 1 nitrogen and oxygen atoms in total. The zero-order valence-electron chi connectivity index (χ0n) is 10.7. The van der Waals surface area contributed by atoms with Gasteiger partial charge in [-0.1, -0.05) is 18.0 Å². The third kappa shape index (κ3) is 4.10. The molecular formula is C14H19F2NS. The van der Waals surface area contributed by atoms with E-state index < -0.39 is 5.82 Å². The fraction of sp³-hybridized carbons (Fsp3) is 0.429. The van der Waals surface area contributed by atoms with Crippen molar-refractivity contribution >= 4 is 11.9 Å². The average molecular weight is 271 g/mol. The Hall–Kier alpha value is -0.870. The third-order valence-electron chi connectivity index (χ3n) is 2.91. The van der Waals surface area contributed by atoms with Crippen molar-refractivity contribution in [1.82, 2.24) is 0 Å². The first-order chi connectivity index (χ1) is 8.39. The molecule has 1 aromatic carbocycles. The van der Waals surface area contributed by atoms with E-state index >= 15 is 0 Å². The molecule has 0 saturated heterocycles. The van der Waals surface area contributed by atoms with Gasteiger partial charge in [0.15, 0.2) is 0 Å². The summed E-state index contributed by atoms with van der Waals surface area (Å²) in [6.45, 7) is 7.66. The third-order valence-corrected chi connectivity index (χ3v) is 3.71. The van der Waals surface area contributed by atoms with Gasteiger partial charge in [0.1, 0.15) is 11.6 Å². The normalized spacial score (nSPS) is 13.4. The van der Waals surface area contributed by atoms with Crippen LogP contribution in [0.5, 0.6) is 0 Å². The quantitative estimate of drug-likeness (QED) is 0.613. The highest BCUT2D eigenvalue weighted by Crippen LogP contribution is 2.36. The second kappa shape index (κ2) is 6.34. The van der Waals surface area contributed by atoms with Crippen molar-refractivity contribution in [2.45, 2.75) is 37.4 Å². The summed E-state index contributed by atoms with van der Waals surface area (Å²) in [6.07, 6.45) is 3.00. The van der Waals surface area contributed by atoms with Crippen molar-refractivity contribution in [2.75, 3.05) is 0 Å². The van der Waals surface area contributed by atoms with Crippen LogP contribution in [0.4, 0.5) is 8.78 Å². The number of allylic oxidation sites excluding steroid dienone is 1. The molecule has 1 atom stereocenters. The molecule has 1 rings (SSSR count). The smallest absolute Gasteiger partial charge is 0.126 e. The van der Waals surface area contributed by atoms with E-state index in [1.807, 2.05) is 13.8 Å². The van der Waals surface area contributed by atoms with Crippen LogP contribution in [0.1, 0.15) is 38.2 Å². The highest BCUT2D eigenvalue weighted by atomic mass is 32.2. The highest BCUT2D eigenvalue weighted by molar-refractivity contribution is 7.98. The van der Waals surface area contributed by atoms with Gasteiger partial charge in [0.25, 0.3) is 0 Å². The molecular weight excluding hydrogens is 252 g/mol. The van der Waals surface area contributed by atoms with Crippen molar-refractivity contribution in [3.8, 4) is 0 Å². The van der Waals surface area contributed by atoms with E-state index in [1.165, 1.54) is 24.1 Å². The molecule has 0 unspecified atom stereocenters. The van der Waals surface area contributed by atoms with Gasteiger partial charge < -0.3 is 0 Å². The lowest BCUT2D eigenvalue weighted by Crippen LogP contribution is -2.21. The number of hydrogen-bond acceptors (Lipinski definition) is 2. The van der Waals surface area contributed by atoms with E-state index in [9.17, 15) is 8.78 Å². The van der Waals surface area contributed by atoms with Crippen molar-refractivity contribution in [1.29, 1.82) is 0 Å². The Bertz CT molecular complexity index is 418. The molecule has 0 aliphatic heterocycles. The van der Waals surface area contributed by atoms with Crippen LogP contribution in [-0.2, 0) is 0 Å². The number of rotatable bonds is 6. The second-order valence-electron chi connectivity index (χ2n) is 4.97. The van der Waals surface area contributed by atoms with Gasteiger partial charge in [0.2, 0.25) is 0 Å². The standard InChI is InChI=1S/C14H19F2NS/c1-4-5-10(9-14(2,3)18-17)12-8-11(15)6-7-13(12)16/h4,6-8,10H,1,5,9,17H2,2-3H3/t10-/m0/s1. The summed E-state index contributed by atoms with van der Waals surface area (Å²) in [4.78, 5) is 0. The van der Waals surface area contributed by atoms with Gasteiger partial charge >= 0.3 is 0 Å². The van der Waals surface area contributed by atoms with Gasteiger partial charge in [0.05, 0.1) is 0 Å². The Kier molecular flexibility index (Phi) is 5.35. The highest BCUT2D eigenvalue weighted by Gasteiger charge is 2.25. The van der Waals surface area contributed by atoms with Gasteiger partial charge in [0, 0.05) is 4.75 Å². The number of nitrogens with two attached hydrogens (primary N) is 1. The van der Waals surface area contributed by atoms with Crippen LogP contribution in [0.25, 0.3) is 0 Å². The zero-order valence-corrected chi connectivity index (χ0v) is 11.6. The largest absolute Gasteiger partial charge is 0.277 e. The van der Waals surface area contributed by atoms with E-state index in [1.54, 1.807) is 6.08 Å². The fourth-order valence-electron chi connectivity index (χ4n) is 1.99. The Morgan fingerprint density at radius 1 is 1.44 bits per heavy atom. The minimum Gasteiger partial charge on any atom is -0.277 e. The predicted molar refractivity (Wildman–Crippen MR) is 74.4 cm³/mol. The summed E-state index contributed by atoms with van der Waals surface area (Å²) in [5.41, 5.74) is 0.400. The Balaban J connectivity index is 3.04. The minimum absolute atomic E-state index is 0.107. The summed E-state index contributed by atoms with van der Waals surface area (Å²) in [5, 5.41) is 5.62. The van der Waals surface area contributed by atoms with E-state index in [0.717, 1.165) is 6.07 Å². The predicted octanol–water partition coefficient (Wildman–Crippen LogP) is 4.40. The summed E-state index contributed by atoms with van der Waals surface area (Å²) >= 11 is 1.24. The molecule has 0 bridgehead atoms. The lowest BCUT2D eigenvalue weighted by atomic mass is 9.87. The first-order valence-corrected chi connectivity index (χ1v) is 6.71. The van der Waals surface area contributed by atoms with Gasteiger partial charge in [-0.2, -0.15) is 0 Å². The maximum atomic E-state index is 13.8. The first kappa shape index (κ1) is 15.2. The first-order valence-electron chi connectivity index (χ1n) is 5.83. The summed E-state index contributed by atoms with van der Waals surface area (Å²) in [6, 6.07) is 3.57. The molecule has 100 valence electrons. The SMILES string of the molecule is C=CC[C@@H](CC(C)(C)SN)c1cc(F)ccc1F. The summed E-state index contributed by atoms with van der Waals surface area (Å²) in [5.74, 6) is -0.899. The van der Waals surface area contributed by atoms with Crippen LogP contribution in [0.3, 0.4) is 0 Å². The maximum Gasteiger partial charge on any atom is 0.126 e. The lowest BCUT2D eigenvalue weighted by Gasteiger charge is -2.27. The van der Waals surface area contributed by atoms with Crippen LogP contribution in [0.2, 0.25) is 0 Å². The van der Waals surface area contributed by atoms with Gasteiger partial charge in [-0.05, 0) is 56.4 Å². The van der Waals surface area contributed by atoms with Crippen molar-refractivity contribution in [3.05, 3.63) is 48.1 Å². The lowest BCUT2D eigenvalue weighted by molar-refractivity contribution is 0.502. The van der Waals surface area contributed by atoms with Gasteiger partial charge in [-0.3, -0.25) is 5.14 Å². The number of halogens is 2. The molecule has 4 heteroatoms. The molecule has 0 heterocycles. The monoisotopic (exact) mass is 271 g/mol. The van der Waals surface area contributed by atoms with Crippen LogP contribution < -0.4 is 5.14 Å². The molecule has 0 saturated carbocycles. The molecule has 1 aromatic rings. The zero-order chi connectivity index (χ0) is 13.8. The van der Waals surface area contributed by atoms with E-state index in [-0.39, 0.29) is 16.5 Å². The van der Waals surface area contributed by atoms with Crippen LogP contribution >= 0.6 is 11.9 Å². The molecule has 0 spiro atoms. The molecule has 0 aliphatic carbocycles. The average Bonchev–Trinajstić information content (AvgIpc) is 2.31. The summed E-state index contributed by atoms with van der Waals surface area (Å²) < 4.78 is 26.8. The molecule has 0 radical (unpaired) electrons. The van der Waals surface area contributed by atoms with Crippen LogP contribution in [0, 0.1) is 11.6 Å². The van der Waals surface area contributed by atoms with E-state index in [2.05, 4.69) is 6.58 Å². The summed E-state index contributed by atoms with van der Waals surface area (Å²) in [7, 11) is 0. The van der Waals surface area contributed by atoms with E-state index in [0.29, 0.717) is 18.4 Å². The molecule has 18 heavy (non-hydrogen) atoms. The molecule has 0 aliphatic rings. The van der Waals surface area contributed by atoms with Crippen molar-refractivity contribution in [2.24, 2.45) is 5.14 Å². The van der Waals surface area contributed by atoms with Crippen molar-refractivity contribution in [3.63, 3.8) is 0 Å². The van der Waals surface area contributed by atoms with Crippen molar-refractivity contribution < 1.29 is 8.78 Å². The molecule has 0 fully saturated rings. The van der Waals surface area contributed by atoms with E-state index in [4.69, 9.17) is 5.14 Å². The van der Waals surface area contributed by atoms with Crippen LogP contribution in [0.15, 0.2) is 30.9 Å². The second-order valence-corrected chi connectivity index (χ2v) is 6.31. The Labute approximate surface area is 112 Å². The Morgan fingerprint density at radius 3 is 2.67 bits per heavy atom. The Morgan fingerprint density at radius 2 is 2.11 bits per heavy atom. The molecule has 2 N–H and O–H groups in total. The number of hydrogen-bond donors (Lipinski definition) is 1. The topological polar surface area (TPSA) is 26.0 Å². The molecule has 0 amide bonds. The maximum absolute atomic E-state index is 13.8.